The Hall–Kier alpha value is -4.27. The van der Waals surface area contributed by atoms with Gasteiger partial charge < -0.3 is 26.3 Å². The Bertz CT molecular complexity index is 1290. The van der Waals surface area contributed by atoms with Gasteiger partial charge in [-0.25, -0.2) is 14.8 Å². The van der Waals surface area contributed by atoms with Crippen molar-refractivity contribution in [2.75, 3.05) is 16.8 Å². The van der Waals surface area contributed by atoms with E-state index in [1.807, 2.05) is 53.1 Å². The molecular formula is C21H20N8O. The smallest absolute Gasteiger partial charge is 0.327 e. The molecule has 9 nitrogen and oxygen atoms in total. The zero-order valence-electron chi connectivity index (χ0n) is 16.0. The highest BCUT2D eigenvalue weighted by molar-refractivity contribution is 5.90. The van der Waals surface area contributed by atoms with E-state index in [9.17, 15) is 4.79 Å². The third-order valence-electron chi connectivity index (χ3n) is 5.07. The zero-order valence-corrected chi connectivity index (χ0v) is 16.0. The van der Waals surface area contributed by atoms with E-state index in [1.165, 1.54) is 0 Å². The van der Waals surface area contributed by atoms with Crippen molar-refractivity contribution in [1.82, 2.24) is 19.1 Å². The number of anilines is 3. The van der Waals surface area contributed by atoms with Gasteiger partial charge in [-0.2, -0.15) is 0 Å². The van der Waals surface area contributed by atoms with Crippen LogP contribution in [-0.2, 0) is 13.1 Å². The molecular weight excluding hydrogens is 380 g/mol. The molecule has 5 rings (SSSR count). The molecule has 0 radical (unpaired) electrons. The van der Waals surface area contributed by atoms with Gasteiger partial charge in [-0.15, -0.1) is 0 Å². The summed E-state index contributed by atoms with van der Waals surface area (Å²) < 4.78 is 3.56. The second-order valence-electron chi connectivity index (χ2n) is 7.17. The highest BCUT2D eigenvalue weighted by atomic mass is 16.1. The summed E-state index contributed by atoms with van der Waals surface area (Å²) in [5.74, 6) is 1.29. The zero-order chi connectivity index (χ0) is 20.7. The number of nitrogens with one attached hydrogen (secondary N) is 2. The molecule has 3 heterocycles. The molecule has 0 saturated carbocycles. The van der Waals surface area contributed by atoms with E-state index in [0.717, 1.165) is 16.8 Å². The third kappa shape index (κ3) is 3.12. The van der Waals surface area contributed by atoms with E-state index in [4.69, 9.17) is 11.5 Å². The van der Waals surface area contributed by atoms with Crippen molar-refractivity contribution < 1.29 is 0 Å². The number of rotatable bonds is 4. The number of aliphatic imine (C=N–C) groups is 1. The molecule has 0 spiro atoms. The van der Waals surface area contributed by atoms with Crippen molar-refractivity contribution in [3.8, 4) is 11.4 Å². The summed E-state index contributed by atoms with van der Waals surface area (Å²) in [7, 11) is 0. The van der Waals surface area contributed by atoms with Crippen LogP contribution >= 0.6 is 0 Å². The lowest BCUT2D eigenvalue weighted by Crippen LogP contribution is -2.19. The molecule has 6 N–H and O–H groups in total. The Labute approximate surface area is 171 Å². The van der Waals surface area contributed by atoms with Gasteiger partial charge in [0.05, 0.1) is 25.8 Å². The van der Waals surface area contributed by atoms with E-state index in [-0.39, 0.29) is 5.69 Å². The summed E-state index contributed by atoms with van der Waals surface area (Å²) in [6, 6.07) is 15.1. The number of benzene rings is 2. The fourth-order valence-electron chi connectivity index (χ4n) is 3.53. The molecule has 0 bridgehead atoms. The number of imidazole rings is 2. The topological polar surface area (TPSA) is 132 Å². The number of H-pyrrole nitrogens is 1. The molecule has 0 aliphatic carbocycles. The van der Waals surface area contributed by atoms with Crippen molar-refractivity contribution in [1.29, 1.82) is 0 Å². The maximum absolute atomic E-state index is 12.7. The average molecular weight is 400 g/mol. The van der Waals surface area contributed by atoms with Crippen LogP contribution in [-0.4, -0.2) is 25.4 Å². The van der Waals surface area contributed by atoms with Gasteiger partial charge in [-0.3, -0.25) is 4.57 Å². The first-order valence-corrected chi connectivity index (χ1v) is 9.45. The minimum absolute atomic E-state index is 0.223. The molecule has 0 saturated heterocycles. The molecule has 2 aromatic carbocycles. The monoisotopic (exact) mass is 400 g/mol. The van der Waals surface area contributed by atoms with Crippen molar-refractivity contribution in [3.05, 3.63) is 76.5 Å². The number of nitrogens with zero attached hydrogens (tertiary/aromatic N) is 4. The Kier molecular flexibility index (Phi) is 4.13. The maximum Gasteiger partial charge on any atom is 0.327 e. The van der Waals surface area contributed by atoms with E-state index in [0.29, 0.717) is 41.8 Å². The highest BCUT2D eigenvalue weighted by Gasteiger charge is 2.23. The summed E-state index contributed by atoms with van der Waals surface area (Å²) in [5, 5.41) is 3.12. The Morgan fingerprint density at radius 2 is 1.53 bits per heavy atom. The fraction of sp³-hybridized carbons (Fsp3) is 0.0952. The van der Waals surface area contributed by atoms with E-state index in [2.05, 4.69) is 20.3 Å². The number of hydrogen-bond donors (Lipinski definition) is 4. The van der Waals surface area contributed by atoms with Gasteiger partial charge in [0.1, 0.15) is 17.2 Å². The quantitative estimate of drug-likeness (QED) is 0.391. The lowest BCUT2D eigenvalue weighted by molar-refractivity contribution is 0.771. The molecule has 0 atom stereocenters. The Morgan fingerprint density at radius 3 is 2.20 bits per heavy atom. The van der Waals surface area contributed by atoms with Gasteiger partial charge in [-0.05, 0) is 35.4 Å². The number of nitrogens with two attached hydrogens (primary N) is 2. The number of fused-ring (bicyclic) bond motifs is 3. The van der Waals surface area contributed by atoms with Crippen LogP contribution in [0.1, 0.15) is 11.1 Å². The third-order valence-corrected chi connectivity index (χ3v) is 5.07. The molecule has 150 valence electrons. The maximum atomic E-state index is 12.7. The minimum Gasteiger partial charge on any atom is -0.399 e. The van der Waals surface area contributed by atoms with Crippen LogP contribution in [0.3, 0.4) is 0 Å². The van der Waals surface area contributed by atoms with E-state index >= 15 is 0 Å². The van der Waals surface area contributed by atoms with Gasteiger partial charge in [0.25, 0.3) is 0 Å². The summed E-state index contributed by atoms with van der Waals surface area (Å²) >= 11 is 0. The predicted octanol–water partition coefficient (Wildman–Crippen LogP) is 2.39. The number of hydrogen-bond acceptors (Lipinski definition) is 6. The van der Waals surface area contributed by atoms with Crippen LogP contribution in [0.25, 0.3) is 11.4 Å². The SMILES string of the molecule is Nc1ccc(Cn2cnc3c2N=CNc2c-3[nH]c(=O)n2Cc2ccc(N)cc2)cc1. The predicted molar refractivity (Wildman–Crippen MR) is 118 cm³/mol. The standard InChI is InChI=1S/C21H20N8O/c22-15-5-1-13(2-6-15)9-28-12-26-17-18-20(25-11-24-19(17)28)29(21(30)27-18)10-14-3-7-16(23)8-4-14/h1-8,11-12H,9-10,22-23H2,(H,24,25)(H,27,30). The molecule has 0 unspecified atom stereocenters. The Balaban J connectivity index is 1.52. The molecule has 0 amide bonds. The highest BCUT2D eigenvalue weighted by Crippen LogP contribution is 2.34. The second-order valence-corrected chi connectivity index (χ2v) is 7.17. The van der Waals surface area contributed by atoms with Crippen molar-refractivity contribution in [3.63, 3.8) is 0 Å². The van der Waals surface area contributed by atoms with Crippen LogP contribution < -0.4 is 22.5 Å². The van der Waals surface area contributed by atoms with Gasteiger partial charge in [0.2, 0.25) is 0 Å². The van der Waals surface area contributed by atoms with Crippen LogP contribution in [0.5, 0.6) is 0 Å². The molecule has 0 fully saturated rings. The number of aromatic amines is 1. The molecule has 2 aromatic heterocycles. The molecule has 1 aliphatic heterocycles. The van der Waals surface area contributed by atoms with Crippen molar-refractivity contribution in [2.24, 2.45) is 4.99 Å². The first-order valence-electron chi connectivity index (χ1n) is 9.45. The molecule has 1 aliphatic rings. The number of aromatic nitrogens is 4. The summed E-state index contributed by atoms with van der Waals surface area (Å²) in [6.07, 6.45) is 3.31. The first kappa shape index (κ1) is 17.8. The van der Waals surface area contributed by atoms with Gasteiger partial charge in [0.15, 0.2) is 5.82 Å². The van der Waals surface area contributed by atoms with Gasteiger partial charge >= 0.3 is 5.69 Å². The summed E-state index contributed by atoms with van der Waals surface area (Å²) in [5.41, 5.74) is 16.0. The van der Waals surface area contributed by atoms with Crippen LogP contribution in [0.4, 0.5) is 23.0 Å². The van der Waals surface area contributed by atoms with E-state index < -0.39 is 0 Å². The van der Waals surface area contributed by atoms with Gasteiger partial charge in [-0.1, -0.05) is 24.3 Å². The summed E-state index contributed by atoms with van der Waals surface area (Å²) in [6.45, 7) is 0.985. The van der Waals surface area contributed by atoms with Crippen molar-refractivity contribution >= 4 is 29.3 Å². The normalized spacial score (nSPS) is 12.1. The van der Waals surface area contributed by atoms with Crippen LogP contribution in [0.2, 0.25) is 0 Å². The largest absolute Gasteiger partial charge is 0.399 e. The molecule has 30 heavy (non-hydrogen) atoms. The van der Waals surface area contributed by atoms with Crippen LogP contribution in [0.15, 0.2) is 64.6 Å². The first-order chi connectivity index (χ1) is 14.6. The lowest BCUT2D eigenvalue weighted by atomic mass is 10.2. The fourth-order valence-corrected chi connectivity index (χ4v) is 3.53. The molecule has 9 heteroatoms. The van der Waals surface area contributed by atoms with Crippen LogP contribution in [0, 0.1) is 0 Å². The average Bonchev–Trinajstić information content (AvgIpc) is 3.21. The van der Waals surface area contributed by atoms with Gasteiger partial charge in [0, 0.05) is 11.4 Å². The minimum atomic E-state index is -0.223. The van der Waals surface area contributed by atoms with Crippen molar-refractivity contribution in [2.45, 2.75) is 13.1 Å². The number of nitrogen functional groups attached to an aromatic ring is 2. The Morgan fingerprint density at radius 1 is 0.900 bits per heavy atom. The van der Waals surface area contributed by atoms with E-state index in [1.54, 1.807) is 17.2 Å². The lowest BCUT2D eigenvalue weighted by Gasteiger charge is -2.07. The summed E-state index contributed by atoms with van der Waals surface area (Å²) in [4.78, 5) is 24.7. The molecule has 4 aromatic rings. The second kappa shape index (κ2) is 6.96.